The molecule has 0 aromatic heterocycles. The topological polar surface area (TPSA) is 12.4 Å². The lowest BCUT2D eigenvalue weighted by Crippen LogP contribution is -2.06. The van der Waals surface area contributed by atoms with Crippen LogP contribution in [0.4, 0.5) is 5.69 Å². The van der Waals surface area contributed by atoms with E-state index in [1.807, 2.05) is 24.3 Å². The number of benzene rings is 2. The van der Waals surface area contributed by atoms with Crippen LogP contribution in [0.15, 0.2) is 52.4 Å². The summed E-state index contributed by atoms with van der Waals surface area (Å²) in [6, 6.07) is 14.2. The van der Waals surface area contributed by atoms with E-state index in [1.54, 1.807) is 0 Å². The Balaban J connectivity index is 2.52. The van der Waals surface area contributed by atoms with E-state index in [1.165, 1.54) is 9.41 Å². The molecule has 80 valence electrons. The van der Waals surface area contributed by atoms with Gasteiger partial charge in [0, 0.05) is 9.41 Å². The number of hydrogen-bond donors (Lipinski definition) is 0. The van der Waals surface area contributed by atoms with Crippen molar-refractivity contribution in [2.75, 3.05) is 0 Å². The van der Waals surface area contributed by atoms with Gasteiger partial charge < -0.3 is 0 Å². The van der Waals surface area contributed by atoms with Crippen LogP contribution >= 0.6 is 40.5 Å². The van der Waals surface area contributed by atoms with Gasteiger partial charge in [-0.25, -0.2) is 4.99 Å². The summed E-state index contributed by atoms with van der Waals surface area (Å²) in [5, 5.41) is 1.67. The van der Waals surface area contributed by atoms with Crippen molar-refractivity contribution < 1.29 is 0 Å². The Hall–Kier alpha value is -0.390. The Morgan fingerprint density at radius 2 is 1.88 bits per heavy atom. The van der Waals surface area contributed by atoms with Crippen molar-refractivity contribution in [3.63, 3.8) is 0 Å². The molecular formula is C12H7ClINS. The van der Waals surface area contributed by atoms with Gasteiger partial charge in [-0.3, -0.25) is 0 Å². The standard InChI is InChI=1S/C12H7ClINS/c13-8-4-3-7-11-12(8)15-9-5-1-2-6-10(9)16(11)14/h1-7H. The van der Waals surface area contributed by atoms with E-state index in [-0.39, 0.29) is 7.66 Å². The normalized spacial score (nSPS) is 17.2. The van der Waals surface area contributed by atoms with Gasteiger partial charge in [0.15, 0.2) is 0 Å². The third-order valence-electron chi connectivity index (χ3n) is 2.43. The number of rotatable bonds is 0. The lowest BCUT2D eigenvalue weighted by Gasteiger charge is -2.11. The predicted molar refractivity (Wildman–Crippen MR) is 77.4 cm³/mol. The molecule has 4 heteroatoms. The van der Waals surface area contributed by atoms with Crippen molar-refractivity contribution in [2.45, 2.75) is 4.90 Å². The van der Waals surface area contributed by atoms with Crippen LogP contribution in [0.3, 0.4) is 0 Å². The molecule has 2 aromatic carbocycles. The second kappa shape index (κ2) is 4.13. The minimum Gasteiger partial charge on any atom is -0.245 e. The lowest BCUT2D eigenvalue weighted by atomic mass is 10.3. The molecule has 0 saturated heterocycles. The van der Waals surface area contributed by atoms with E-state index in [4.69, 9.17) is 11.6 Å². The van der Waals surface area contributed by atoms with Crippen molar-refractivity contribution in [3.05, 3.63) is 57.4 Å². The highest BCUT2D eigenvalue weighted by molar-refractivity contribution is 14.2. The highest BCUT2D eigenvalue weighted by Crippen LogP contribution is 2.44. The molecule has 0 amide bonds. The van der Waals surface area contributed by atoms with Crippen LogP contribution in [0.2, 0.25) is 5.02 Å². The quantitative estimate of drug-likeness (QED) is 0.484. The molecule has 3 rings (SSSR count). The van der Waals surface area contributed by atoms with E-state index in [0.717, 1.165) is 16.1 Å². The molecule has 0 bridgehead atoms. The highest BCUT2D eigenvalue weighted by Gasteiger charge is 2.10. The van der Waals surface area contributed by atoms with Gasteiger partial charge in [0.25, 0.3) is 0 Å². The minimum atomic E-state index is 0.0415. The molecule has 0 fully saturated rings. The van der Waals surface area contributed by atoms with E-state index >= 15 is 0 Å². The van der Waals surface area contributed by atoms with Gasteiger partial charge in [-0.05, 0) is 45.5 Å². The fourth-order valence-electron chi connectivity index (χ4n) is 1.69. The Morgan fingerprint density at radius 3 is 2.75 bits per heavy atom. The van der Waals surface area contributed by atoms with Gasteiger partial charge in [0.05, 0.1) is 16.1 Å². The first kappa shape index (κ1) is 10.7. The van der Waals surface area contributed by atoms with Gasteiger partial charge in [-0.2, -0.15) is 0 Å². The minimum absolute atomic E-state index is 0.0415. The van der Waals surface area contributed by atoms with Crippen LogP contribution in [0.5, 0.6) is 0 Å². The molecule has 1 atom stereocenters. The third-order valence-corrected chi connectivity index (χ3v) is 7.03. The van der Waals surface area contributed by atoms with Crippen molar-refractivity contribution in [3.8, 4) is 0 Å². The first-order valence-electron chi connectivity index (χ1n) is 4.77. The first-order valence-corrected chi connectivity index (χ1v) is 8.92. The zero-order chi connectivity index (χ0) is 11.1. The number of para-hydroxylation sites is 2. The molecule has 1 aliphatic heterocycles. The molecule has 0 spiro atoms. The van der Waals surface area contributed by atoms with Gasteiger partial charge in [-0.15, -0.1) is 0 Å². The van der Waals surface area contributed by atoms with E-state index < -0.39 is 0 Å². The van der Waals surface area contributed by atoms with Crippen LogP contribution in [-0.2, 0) is 0 Å². The fraction of sp³-hybridized carbons (Fsp3) is 0. The predicted octanol–water partition coefficient (Wildman–Crippen LogP) is 4.53. The average molecular weight is 360 g/mol. The van der Waals surface area contributed by atoms with Crippen LogP contribution in [0, 0.1) is 4.51 Å². The Labute approximate surface area is 113 Å². The second-order valence-electron chi connectivity index (χ2n) is 3.42. The monoisotopic (exact) mass is 359 g/mol. The molecule has 0 aliphatic carbocycles. The van der Waals surface area contributed by atoms with Crippen LogP contribution in [0.25, 0.3) is 0 Å². The number of hydrogen-bond acceptors (Lipinski definition) is 1. The van der Waals surface area contributed by atoms with Crippen LogP contribution < -0.4 is 5.36 Å². The summed E-state index contributed by atoms with van der Waals surface area (Å²) < 4.78 is 1.23. The van der Waals surface area contributed by atoms with Crippen LogP contribution in [-0.4, -0.2) is 0 Å². The number of nitrogens with zero attached hydrogens (tertiary/aromatic N) is 1. The summed E-state index contributed by atoms with van der Waals surface area (Å²) in [6.07, 6.45) is 0. The Morgan fingerprint density at radius 1 is 1.06 bits per heavy atom. The smallest absolute Gasteiger partial charge is 0.0962 e. The van der Waals surface area contributed by atoms with E-state index in [9.17, 15) is 0 Å². The van der Waals surface area contributed by atoms with Crippen LogP contribution in [0.1, 0.15) is 0 Å². The molecule has 1 nitrogen and oxygen atoms in total. The van der Waals surface area contributed by atoms with Gasteiger partial charge in [-0.1, -0.05) is 37.5 Å². The number of fused-ring (bicyclic) bond motifs is 2. The highest BCUT2D eigenvalue weighted by atomic mass is 127. The zero-order valence-electron chi connectivity index (χ0n) is 8.15. The molecular weight excluding hydrogens is 353 g/mol. The van der Waals surface area contributed by atoms with Gasteiger partial charge >= 0.3 is 0 Å². The summed E-state index contributed by atoms with van der Waals surface area (Å²) in [5.41, 5.74) is 1.04. The average Bonchev–Trinajstić information content (AvgIpc) is 2.31. The summed E-state index contributed by atoms with van der Waals surface area (Å²) in [7, 11) is 0.0415. The maximum absolute atomic E-state index is 6.18. The molecule has 16 heavy (non-hydrogen) atoms. The molecule has 0 N–H and O–H groups in total. The van der Waals surface area contributed by atoms with E-state index in [0.29, 0.717) is 0 Å². The summed E-state index contributed by atoms with van der Waals surface area (Å²) in [4.78, 5) is 5.92. The molecule has 1 aliphatic rings. The third kappa shape index (κ3) is 1.61. The first-order chi connectivity index (χ1) is 7.77. The van der Waals surface area contributed by atoms with Crippen molar-refractivity contribution in [1.29, 1.82) is 0 Å². The van der Waals surface area contributed by atoms with Crippen molar-refractivity contribution in [2.24, 2.45) is 4.99 Å². The SMILES string of the molecule is Clc1cccc2c1=Nc1ccccc1S=2I. The maximum atomic E-state index is 6.18. The van der Waals surface area contributed by atoms with E-state index in [2.05, 4.69) is 44.4 Å². The number of halogens is 2. The van der Waals surface area contributed by atoms with Crippen molar-refractivity contribution >= 4 is 46.1 Å². The molecule has 2 aromatic rings. The molecule has 0 saturated carbocycles. The molecule has 0 radical (unpaired) electrons. The summed E-state index contributed by atoms with van der Waals surface area (Å²) >= 11 is 8.65. The molecule has 1 heterocycles. The maximum Gasteiger partial charge on any atom is 0.0962 e. The Bertz CT molecular complexity index is 696. The lowest BCUT2D eigenvalue weighted by molar-refractivity contribution is 1.25. The zero-order valence-corrected chi connectivity index (χ0v) is 11.9. The Kier molecular flexibility index (Phi) is 2.77. The van der Waals surface area contributed by atoms with Gasteiger partial charge in [0.2, 0.25) is 0 Å². The summed E-state index contributed by atoms with van der Waals surface area (Å²) in [6.45, 7) is 0. The fourth-order valence-corrected chi connectivity index (χ4v) is 5.40. The summed E-state index contributed by atoms with van der Waals surface area (Å²) in [5.74, 6) is 0. The van der Waals surface area contributed by atoms with Gasteiger partial charge in [0.1, 0.15) is 0 Å². The largest absolute Gasteiger partial charge is 0.245 e. The molecule has 1 unspecified atom stereocenters. The second-order valence-corrected chi connectivity index (χ2v) is 7.86. The van der Waals surface area contributed by atoms with Crippen molar-refractivity contribution in [1.82, 2.24) is 0 Å².